The summed E-state index contributed by atoms with van der Waals surface area (Å²) >= 11 is 13.0. The summed E-state index contributed by atoms with van der Waals surface area (Å²) in [5.41, 5.74) is 1.76. The van der Waals surface area contributed by atoms with Crippen LogP contribution in [0.4, 0.5) is 10.8 Å². The van der Waals surface area contributed by atoms with Gasteiger partial charge in [-0.3, -0.25) is 9.59 Å². The van der Waals surface area contributed by atoms with E-state index in [1.807, 2.05) is 30.3 Å². The lowest BCUT2D eigenvalue weighted by Crippen LogP contribution is -2.14. The van der Waals surface area contributed by atoms with Crippen molar-refractivity contribution >= 4 is 57.2 Å². The Kier molecular flexibility index (Phi) is 6.45. The molecule has 5 nitrogen and oxygen atoms in total. The van der Waals surface area contributed by atoms with E-state index in [2.05, 4.69) is 15.6 Å². The minimum atomic E-state index is -0.408. The number of amides is 2. The van der Waals surface area contributed by atoms with Crippen molar-refractivity contribution in [3.05, 3.63) is 75.2 Å². The Hall–Kier alpha value is -2.41. The molecule has 3 aromatic rings. The first-order valence-corrected chi connectivity index (χ1v) is 9.70. The number of thiazole rings is 1. The number of nitrogens with one attached hydrogen (secondary N) is 2. The van der Waals surface area contributed by atoms with Crippen molar-refractivity contribution in [3.8, 4) is 0 Å². The summed E-state index contributed by atoms with van der Waals surface area (Å²) in [6, 6.07) is 14.5. The van der Waals surface area contributed by atoms with Crippen molar-refractivity contribution in [3.63, 3.8) is 0 Å². The Bertz CT molecular complexity index is 940. The van der Waals surface area contributed by atoms with Gasteiger partial charge in [0.15, 0.2) is 5.13 Å². The Morgan fingerprint density at radius 1 is 1.00 bits per heavy atom. The van der Waals surface area contributed by atoms with Crippen LogP contribution in [-0.4, -0.2) is 16.8 Å². The van der Waals surface area contributed by atoms with E-state index in [1.165, 1.54) is 11.3 Å². The fourth-order valence-electron chi connectivity index (χ4n) is 2.34. The SMILES string of the molecule is O=C(CCc1ccccc1)Nc1nc(C(=O)Nc2cc(Cl)cc(Cl)c2)cs1. The van der Waals surface area contributed by atoms with E-state index in [9.17, 15) is 9.59 Å². The van der Waals surface area contributed by atoms with E-state index in [0.29, 0.717) is 33.7 Å². The summed E-state index contributed by atoms with van der Waals surface area (Å²) < 4.78 is 0. The Balaban J connectivity index is 1.55. The molecule has 0 aliphatic carbocycles. The van der Waals surface area contributed by atoms with Gasteiger partial charge in [0, 0.05) is 27.5 Å². The summed E-state index contributed by atoms with van der Waals surface area (Å²) in [4.78, 5) is 28.5. The van der Waals surface area contributed by atoms with Crippen LogP contribution in [0.1, 0.15) is 22.5 Å². The van der Waals surface area contributed by atoms with Crippen molar-refractivity contribution in [2.75, 3.05) is 10.6 Å². The number of anilines is 2. The molecule has 3 rings (SSSR count). The van der Waals surface area contributed by atoms with Crippen molar-refractivity contribution in [2.24, 2.45) is 0 Å². The lowest BCUT2D eigenvalue weighted by molar-refractivity contribution is -0.116. The predicted molar refractivity (Wildman–Crippen MR) is 110 cm³/mol. The maximum Gasteiger partial charge on any atom is 0.275 e. The van der Waals surface area contributed by atoms with E-state index in [4.69, 9.17) is 23.2 Å². The second-order valence-corrected chi connectivity index (χ2v) is 7.41. The van der Waals surface area contributed by atoms with Crippen LogP contribution >= 0.6 is 34.5 Å². The van der Waals surface area contributed by atoms with E-state index in [0.717, 1.165) is 5.56 Å². The number of hydrogen-bond acceptors (Lipinski definition) is 4. The highest BCUT2D eigenvalue weighted by Gasteiger charge is 2.13. The zero-order chi connectivity index (χ0) is 19.2. The first-order chi connectivity index (χ1) is 13.0. The number of carbonyl (C=O) groups is 2. The lowest BCUT2D eigenvalue weighted by atomic mass is 10.1. The van der Waals surface area contributed by atoms with Gasteiger partial charge < -0.3 is 10.6 Å². The summed E-state index contributed by atoms with van der Waals surface area (Å²) in [5, 5.41) is 8.19. The van der Waals surface area contributed by atoms with Crippen LogP contribution in [-0.2, 0) is 11.2 Å². The van der Waals surface area contributed by atoms with Crippen molar-refractivity contribution < 1.29 is 9.59 Å². The third-order valence-corrected chi connectivity index (χ3v) is 4.78. The number of nitrogens with zero attached hydrogens (tertiary/aromatic N) is 1. The third-order valence-electron chi connectivity index (χ3n) is 3.59. The van der Waals surface area contributed by atoms with Crippen molar-refractivity contribution in [1.29, 1.82) is 0 Å². The highest BCUT2D eigenvalue weighted by Crippen LogP contribution is 2.23. The van der Waals surface area contributed by atoms with Gasteiger partial charge in [0.1, 0.15) is 5.69 Å². The average Bonchev–Trinajstić information content (AvgIpc) is 3.08. The summed E-state index contributed by atoms with van der Waals surface area (Å²) in [5.74, 6) is -0.559. The molecule has 0 atom stereocenters. The topological polar surface area (TPSA) is 71.1 Å². The average molecular weight is 420 g/mol. The first-order valence-electron chi connectivity index (χ1n) is 8.06. The molecule has 2 N–H and O–H groups in total. The molecule has 0 saturated carbocycles. The normalized spacial score (nSPS) is 10.4. The lowest BCUT2D eigenvalue weighted by Gasteiger charge is -2.04. The summed E-state index contributed by atoms with van der Waals surface area (Å²) in [7, 11) is 0. The molecule has 1 heterocycles. The number of benzene rings is 2. The minimum absolute atomic E-state index is 0.151. The van der Waals surface area contributed by atoms with Gasteiger partial charge in [-0.15, -0.1) is 11.3 Å². The molecular weight excluding hydrogens is 405 g/mol. The van der Waals surface area contributed by atoms with Crippen LogP contribution in [0.25, 0.3) is 0 Å². The van der Waals surface area contributed by atoms with E-state index < -0.39 is 5.91 Å². The number of aromatic nitrogens is 1. The zero-order valence-corrected chi connectivity index (χ0v) is 16.4. The molecule has 138 valence electrons. The number of hydrogen-bond donors (Lipinski definition) is 2. The number of halogens is 2. The van der Waals surface area contributed by atoms with Gasteiger partial charge in [-0.05, 0) is 30.2 Å². The molecule has 0 aliphatic heterocycles. The maximum absolute atomic E-state index is 12.3. The van der Waals surface area contributed by atoms with Gasteiger partial charge in [0.25, 0.3) is 5.91 Å². The van der Waals surface area contributed by atoms with E-state index >= 15 is 0 Å². The maximum atomic E-state index is 12.3. The van der Waals surface area contributed by atoms with Crippen molar-refractivity contribution in [1.82, 2.24) is 4.98 Å². The molecule has 2 amide bonds. The number of aryl methyl sites for hydroxylation is 1. The molecule has 1 aromatic heterocycles. The van der Waals surface area contributed by atoms with Crippen LogP contribution < -0.4 is 10.6 Å². The van der Waals surface area contributed by atoms with Crippen LogP contribution in [0.15, 0.2) is 53.9 Å². The Morgan fingerprint density at radius 2 is 1.70 bits per heavy atom. The standard InChI is InChI=1S/C19H15Cl2N3O2S/c20-13-8-14(21)10-15(9-13)22-18(26)16-11-27-19(23-16)24-17(25)7-6-12-4-2-1-3-5-12/h1-5,8-11H,6-7H2,(H,22,26)(H,23,24,25). The smallest absolute Gasteiger partial charge is 0.275 e. The molecule has 0 aliphatic rings. The molecule has 0 unspecified atom stereocenters. The molecule has 8 heteroatoms. The Labute approximate surface area is 170 Å². The van der Waals surface area contributed by atoms with Gasteiger partial charge in [-0.2, -0.15) is 0 Å². The molecule has 27 heavy (non-hydrogen) atoms. The summed E-state index contributed by atoms with van der Waals surface area (Å²) in [6.07, 6.45) is 0.979. The Morgan fingerprint density at radius 3 is 2.41 bits per heavy atom. The fourth-order valence-corrected chi connectivity index (χ4v) is 3.57. The molecule has 0 radical (unpaired) electrons. The number of rotatable bonds is 6. The van der Waals surface area contributed by atoms with Gasteiger partial charge >= 0.3 is 0 Å². The summed E-state index contributed by atoms with van der Waals surface area (Å²) in [6.45, 7) is 0. The van der Waals surface area contributed by atoms with Gasteiger partial charge in [0.2, 0.25) is 5.91 Å². The second-order valence-electron chi connectivity index (χ2n) is 5.68. The first kappa shape index (κ1) is 19.4. The van der Waals surface area contributed by atoms with Gasteiger partial charge in [-0.1, -0.05) is 53.5 Å². The highest BCUT2D eigenvalue weighted by molar-refractivity contribution is 7.14. The van der Waals surface area contributed by atoms with Crippen LogP contribution in [0, 0.1) is 0 Å². The quantitative estimate of drug-likeness (QED) is 0.571. The van der Waals surface area contributed by atoms with Crippen LogP contribution in [0.3, 0.4) is 0 Å². The monoisotopic (exact) mass is 419 g/mol. The molecule has 0 fully saturated rings. The van der Waals surface area contributed by atoms with Gasteiger partial charge in [-0.25, -0.2) is 4.98 Å². The molecule has 0 bridgehead atoms. The largest absolute Gasteiger partial charge is 0.321 e. The van der Waals surface area contributed by atoms with Crippen molar-refractivity contribution in [2.45, 2.75) is 12.8 Å². The predicted octanol–water partition coefficient (Wildman–Crippen LogP) is 5.27. The molecule has 0 saturated heterocycles. The third kappa shape index (κ3) is 5.79. The van der Waals surface area contributed by atoms with E-state index in [1.54, 1.807) is 23.6 Å². The van der Waals surface area contributed by atoms with Crippen LogP contribution in [0.5, 0.6) is 0 Å². The molecule has 0 spiro atoms. The molecule has 2 aromatic carbocycles. The van der Waals surface area contributed by atoms with E-state index in [-0.39, 0.29) is 11.6 Å². The number of carbonyl (C=O) groups excluding carboxylic acids is 2. The molecular formula is C19H15Cl2N3O2S. The van der Waals surface area contributed by atoms with Gasteiger partial charge in [0.05, 0.1) is 0 Å². The fraction of sp³-hybridized carbons (Fsp3) is 0.105. The van der Waals surface area contributed by atoms with Crippen LogP contribution in [0.2, 0.25) is 10.0 Å². The second kappa shape index (κ2) is 8.99. The highest BCUT2D eigenvalue weighted by atomic mass is 35.5. The zero-order valence-electron chi connectivity index (χ0n) is 14.0. The minimum Gasteiger partial charge on any atom is -0.321 e.